The largest absolute Gasteiger partial charge is 0.504 e. The van der Waals surface area contributed by atoms with E-state index < -0.39 is 0 Å². The molecule has 0 saturated carbocycles. The van der Waals surface area contributed by atoms with Gasteiger partial charge in [0.1, 0.15) is 5.52 Å². The van der Waals surface area contributed by atoms with E-state index in [1.165, 1.54) is 0 Å². The summed E-state index contributed by atoms with van der Waals surface area (Å²) in [5, 5.41) is 9.73. The smallest absolute Gasteiger partial charge is 0.198 e. The Balaban J connectivity index is 1.93. The van der Waals surface area contributed by atoms with Gasteiger partial charge in [0.25, 0.3) is 0 Å². The number of oxazole rings is 1. The number of para-hydroxylation sites is 1. The predicted octanol–water partition coefficient (Wildman–Crippen LogP) is 2.73. The van der Waals surface area contributed by atoms with Crippen molar-refractivity contribution < 1.29 is 9.52 Å². The minimum Gasteiger partial charge on any atom is -0.504 e. The first-order chi connectivity index (χ1) is 8.65. The molecule has 3 rings (SSSR count). The summed E-state index contributed by atoms with van der Waals surface area (Å²) in [4.78, 5) is 6.87. The molecule has 0 spiro atoms. The fourth-order valence-corrected chi connectivity index (χ4v) is 2.64. The van der Waals surface area contributed by atoms with Crippen LogP contribution in [0.25, 0.3) is 11.1 Å². The van der Waals surface area contributed by atoms with Gasteiger partial charge in [0.15, 0.2) is 17.2 Å². The molecule has 2 unspecified atom stereocenters. The zero-order chi connectivity index (χ0) is 12.7. The molecule has 2 atom stereocenters. The topological polar surface area (TPSA) is 49.5 Å². The molecule has 1 aromatic heterocycles. The Morgan fingerprint density at radius 3 is 3.00 bits per heavy atom. The summed E-state index contributed by atoms with van der Waals surface area (Å²) in [6.07, 6.45) is 2.12. The fourth-order valence-electron chi connectivity index (χ4n) is 2.64. The highest BCUT2D eigenvalue weighted by atomic mass is 16.4. The third kappa shape index (κ3) is 1.86. The lowest BCUT2D eigenvalue weighted by atomic mass is 9.92. The molecule has 1 N–H and O–H groups in total. The maximum Gasteiger partial charge on any atom is 0.198 e. The highest BCUT2D eigenvalue weighted by Crippen LogP contribution is 2.34. The van der Waals surface area contributed by atoms with Gasteiger partial charge in [0, 0.05) is 12.0 Å². The summed E-state index contributed by atoms with van der Waals surface area (Å²) >= 11 is 0. The quantitative estimate of drug-likeness (QED) is 0.840. The number of hydrogen-bond donors (Lipinski definition) is 1. The molecular weight excluding hydrogens is 228 g/mol. The van der Waals surface area contributed by atoms with E-state index in [9.17, 15) is 5.11 Å². The minimum absolute atomic E-state index is 0.173. The molecule has 0 radical (unpaired) electrons. The molecule has 2 heterocycles. The SMILES string of the molecule is CC1CC(c2nc3cccc(O)c3o2)CCN1C. The third-order valence-electron chi connectivity index (χ3n) is 3.97. The van der Waals surface area contributed by atoms with Gasteiger partial charge in [-0.05, 0) is 45.5 Å². The monoisotopic (exact) mass is 246 g/mol. The number of benzene rings is 1. The van der Waals surface area contributed by atoms with Crippen molar-refractivity contribution in [3.63, 3.8) is 0 Å². The summed E-state index contributed by atoms with van der Waals surface area (Å²) in [5.74, 6) is 1.31. The molecule has 4 nitrogen and oxygen atoms in total. The Hall–Kier alpha value is -1.55. The second-order valence-corrected chi connectivity index (χ2v) is 5.23. The zero-order valence-corrected chi connectivity index (χ0v) is 10.8. The van der Waals surface area contributed by atoms with Gasteiger partial charge >= 0.3 is 0 Å². The maximum atomic E-state index is 9.73. The number of aromatic nitrogens is 1. The van der Waals surface area contributed by atoms with Crippen molar-refractivity contribution in [1.82, 2.24) is 9.88 Å². The maximum absolute atomic E-state index is 9.73. The third-order valence-corrected chi connectivity index (χ3v) is 3.97. The van der Waals surface area contributed by atoms with Crippen LogP contribution < -0.4 is 0 Å². The van der Waals surface area contributed by atoms with Gasteiger partial charge in [-0.1, -0.05) is 6.07 Å². The van der Waals surface area contributed by atoms with E-state index in [-0.39, 0.29) is 5.75 Å². The number of likely N-dealkylation sites (tertiary alicyclic amines) is 1. The van der Waals surface area contributed by atoms with Crippen molar-refractivity contribution in [3.05, 3.63) is 24.1 Å². The first-order valence-corrected chi connectivity index (χ1v) is 6.44. The lowest BCUT2D eigenvalue weighted by Gasteiger charge is -2.33. The normalized spacial score (nSPS) is 25.7. The van der Waals surface area contributed by atoms with Crippen LogP contribution in [-0.4, -0.2) is 34.6 Å². The second kappa shape index (κ2) is 4.28. The number of hydrogen-bond acceptors (Lipinski definition) is 4. The summed E-state index contributed by atoms with van der Waals surface area (Å²) in [6.45, 7) is 3.29. The van der Waals surface area contributed by atoms with E-state index in [1.807, 2.05) is 6.07 Å². The molecule has 4 heteroatoms. The van der Waals surface area contributed by atoms with Crippen LogP contribution in [0.3, 0.4) is 0 Å². The highest BCUT2D eigenvalue weighted by Gasteiger charge is 2.27. The van der Waals surface area contributed by atoms with Gasteiger partial charge in [-0.15, -0.1) is 0 Å². The van der Waals surface area contributed by atoms with Crippen LogP contribution in [-0.2, 0) is 0 Å². The Labute approximate surface area is 106 Å². The highest BCUT2D eigenvalue weighted by molar-refractivity contribution is 5.78. The number of aromatic hydroxyl groups is 1. The molecule has 0 amide bonds. The summed E-state index contributed by atoms with van der Waals surface area (Å²) in [5.41, 5.74) is 1.26. The fraction of sp³-hybridized carbons (Fsp3) is 0.500. The number of nitrogens with zero attached hydrogens (tertiary/aromatic N) is 2. The lowest BCUT2D eigenvalue weighted by molar-refractivity contribution is 0.172. The van der Waals surface area contributed by atoms with Gasteiger partial charge < -0.3 is 14.4 Å². The van der Waals surface area contributed by atoms with Crippen LogP contribution in [0.15, 0.2) is 22.6 Å². The molecule has 1 saturated heterocycles. The van der Waals surface area contributed by atoms with Crippen LogP contribution in [0.1, 0.15) is 31.6 Å². The van der Waals surface area contributed by atoms with Crippen molar-refractivity contribution in [2.45, 2.75) is 31.7 Å². The average Bonchev–Trinajstić information content (AvgIpc) is 2.78. The second-order valence-electron chi connectivity index (χ2n) is 5.23. The first-order valence-electron chi connectivity index (χ1n) is 6.44. The van der Waals surface area contributed by atoms with E-state index in [1.54, 1.807) is 12.1 Å². The molecule has 18 heavy (non-hydrogen) atoms. The molecule has 1 fully saturated rings. The summed E-state index contributed by atoms with van der Waals surface area (Å²) in [7, 11) is 2.15. The average molecular weight is 246 g/mol. The van der Waals surface area contributed by atoms with Crippen molar-refractivity contribution in [3.8, 4) is 5.75 Å². The van der Waals surface area contributed by atoms with E-state index in [4.69, 9.17) is 4.42 Å². The van der Waals surface area contributed by atoms with Crippen molar-refractivity contribution >= 4 is 11.1 Å². The van der Waals surface area contributed by atoms with E-state index >= 15 is 0 Å². The minimum atomic E-state index is 0.173. The van der Waals surface area contributed by atoms with Gasteiger partial charge in [0.05, 0.1) is 0 Å². The Kier molecular flexibility index (Phi) is 2.74. The van der Waals surface area contributed by atoms with Gasteiger partial charge in [-0.2, -0.15) is 0 Å². The van der Waals surface area contributed by atoms with Crippen molar-refractivity contribution in [2.75, 3.05) is 13.6 Å². The Morgan fingerprint density at radius 1 is 1.44 bits per heavy atom. The van der Waals surface area contributed by atoms with Gasteiger partial charge in [0.2, 0.25) is 0 Å². The van der Waals surface area contributed by atoms with Crippen molar-refractivity contribution in [2.24, 2.45) is 0 Å². The molecule has 0 aliphatic carbocycles. The van der Waals surface area contributed by atoms with E-state index in [0.717, 1.165) is 30.8 Å². The molecule has 0 bridgehead atoms. The molecule has 1 aromatic carbocycles. The molecule has 1 aliphatic rings. The van der Waals surface area contributed by atoms with E-state index in [0.29, 0.717) is 17.5 Å². The summed E-state index contributed by atoms with van der Waals surface area (Å²) in [6, 6.07) is 5.85. The number of piperidine rings is 1. The first kappa shape index (κ1) is 11.5. The predicted molar refractivity (Wildman–Crippen MR) is 69.7 cm³/mol. The van der Waals surface area contributed by atoms with Gasteiger partial charge in [-0.3, -0.25) is 0 Å². The lowest BCUT2D eigenvalue weighted by Crippen LogP contribution is -2.36. The number of fused-ring (bicyclic) bond motifs is 1. The zero-order valence-electron chi connectivity index (χ0n) is 10.8. The summed E-state index contributed by atoms with van der Waals surface area (Å²) < 4.78 is 5.74. The molecular formula is C14H18N2O2. The van der Waals surface area contributed by atoms with Crippen LogP contribution in [0.2, 0.25) is 0 Å². The van der Waals surface area contributed by atoms with Crippen LogP contribution >= 0.6 is 0 Å². The Bertz CT molecular complexity index is 564. The number of phenols is 1. The molecule has 2 aromatic rings. The molecule has 96 valence electrons. The van der Waals surface area contributed by atoms with Crippen LogP contribution in [0.4, 0.5) is 0 Å². The van der Waals surface area contributed by atoms with Crippen molar-refractivity contribution in [1.29, 1.82) is 0 Å². The standard InChI is InChI=1S/C14H18N2O2/c1-9-8-10(6-7-16(9)2)14-15-11-4-3-5-12(17)13(11)18-14/h3-5,9-10,17H,6-8H2,1-2H3. The van der Waals surface area contributed by atoms with E-state index in [2.05, 4.69) is 23.9 Å². The molecule has 1 aliphatic heterocycles. The number of rotatable bonds is 1. The number of phenolic OH excluding ortho intramolecular Hbond substituents is 1. The van der Waals surface area contributed by atoms with Gasteiger partial charge in [-0.25, -0.2) is 4.98 Å². The Morgan fingerprint density at radius 2 is 2.28 bits per heavy atom. The van der Waals surface area contributed by atoms with Crippen LogP contribution in [0, 0.1) is 0 Å². The van der Waals surface area contributed by atoms with Crippen LogP contribution in [0.5, 0.6) is 5.75 Å².